The first kappa shape index (κ1) is 59.2. The molecule has 49 heavy (non-hydrogen) atoms. The first-order chi connectivity index (χ1) is 21.0. The Bertz CT molecular complexity index is 1120. The van der Waals surface area contributed by atoms with Gasteiger partial charge in [0.1, 0.15) is 15.6 Å². The Morgan fingerprint density at radius 1 is 0.735 bits per heavy atom. The van der Waals surface area contributed by atoms with Crippen molar-refractivity contribution in [3.8, 4) is 11.1 Å². The van der Waals surface area contributed by atoms with E-state index in [2.05, 4.69) is 135 Å². The summed E-state index contributed by atoms with van der Waals surface area (Å²) < 4.78 is 58.2. The molecule has 0 radical (unpaired) electrons. The van der Waals surface area contributed by atoms with Crippen molar-refractivity contribution in [1.82, 2.24) is 0 Å². The summed E-state index contributed by atoms with van der Waals surface area (Å²) in [6.45, 7) is 33.4. The zero-order valence-electron chi connectivity index (χ0n) is 34.5. The topological polar surface area (TPSA) is 60.4 Å². The van der Waals surface area contributed by atoms with Crippen LogP contribution in [0.2, 0.25) is 26.2 Å². The molecule has 0 fully saturated rings. The van der Waals surface area contributed by atoms with Gasteiger partial charge in [-0.25, -0.2) is 8.42 Å². The van der Waals surface area contributed by atoms with Gasteiger partial charge < -0.3 is 9.53 Å². The average molecular weight is 739 g/mol. The van der Waals surface area contributed by atoms with Crippen molar-refractivity contribution in [1.29, 1.82) is 0 Å². The summed E-state index contributed by atoms with van der Waals surface area (Å²) in [6.07, 6.45) is -0.493. The molecule has 0 bridgehead atoms. The number of benzene rings is 2. The lowest BCUT2D eigenvalue weighted by atomic mass is 9.82. The second-order valence-corrected chi connectivity index (χ2v) is 24.9. The maximum Gasteiger partial charge on any atom is 0.393 e. The number of fused-ring (bicyclic) bond motifs is 3. The molecule has 1 aliphatic rings. The molecule has 0 atom stereocenters. The van der Waals surface area contributed by atoms with Crippen molar-refractivity contribution in [2.24, 2.45) is 10.8 Å². The second-order valence-electron chi connectivity index (χ2n) is 16.6. The van der Waals surface area contributed by atoms with E-state index in [0.717, 1.165) is 33.3 Å². The fraction of sp³-hybridized carbons (Fsp3) is 0.675. The smallest absolute Gasteiger partial charge is 0.388 e. The number of alkyl halides is 3. The number of ether oxygens (including phenoxy) is 1. The van der Waals surface area contributed by atoms with E-state index in [9.17, 15) is 26.4 Å². The third-order valence-electron chi connectivity index (χ3n) is 4.34. The summed E-state index contributed by atoms with van der Waals surface area (Å²) in [5.74, 6) is 0.167. The number of rotatable bonds is 0. The van der Waals surface area contributed by atoms with Gasteiger partial charge in [0.25, 0.3) is 0 Å². The van der Waals surface area contributed by atoms with Crippen LogP contribution >= 0.6 is 0 Å². The van der Waals surface area contributed by atoms with E-state index in [4.69, 9.17) is 0 Å². The Hall–Kier alpha value is -1.97. The molecule has 0 saturated heterocycles. The standard InChI is InChI=1S/C15H14.C5H9F3.C5H12.C4H12Si.C3H6O.C3H8.C2H6O2S.C2H6O.CH4/c1-15(2)13-9-5-3-7-11(13)12-8-4-6-10-14(12)15;1-4(2,3)5(6,7)8;2*1-5(2,3)4;1-3(2)4;1-3-2;1-5(2,3)4;1-3-2;/h3-10H,1-2H3;1-3H3;2*1-4H3;1-2H3;3H2,1-2H3;1-2H3;1-2H3;1H4. The van der Waals surface area contributed by atoms with Crippen molar-refractivity contribution >= 4 is 23.7 Å². The number of sulfone groups is 1. The summed E-state index contributed by atoms with van der Waals surface area (Å²) in [5, 5.41) is 0. The van der Waals surface area contributed by atoms with Gasteiger partial charge in [-0.05, 0) is 41.5 Å². The molecule has 4 nitrogen and oxygen atoms in total. The Morgan fingerprint density at radius 3 is 1.02 bits per heavy atom. The Balaban J connectivity index is -0.000000118. The molecule has 9 heteroatoms. The summed E-state index contributed by atoms with van der Waals surface area (Å²) >= 11 is 0. The highest BCUT2D eigenvalue weighted by Crippen LogP contribution is 2.48. The largest absolute Gasteiger partial charge is 0.393 e. The Morgan fingerprint density at radius 2 is 0.878 bits per heavy atom. The van der Waals surface area contributed by atoms with Gasteiger partial charge in [0.15, 0.2) is 0 Å². The van der Waals surface area contributed by atoms with Crippen LogP contribution in [0, 0.1) is 10.8 Å². The molecule has 0 N–H and O–H groups in total. The number of ketones is 1. The highest BCUT2D eigenvalue weighted by molar-refractivity contribution is 7.89. The van der Waals surface area contributed by atoms with Crippen LogP contribution in [0.15, 0.2) is 48.5 Å². The maximum absolute atomic E-state index is 11.6. The van der Waals surface area contributed by atoms with Crippen molar-refractivity contribution in [2.75, 3.05) is 26.7 Å². The molecule has 3 rings (SSSR count). The summed E-state index contributed by atoms with van der Waals surface area (Å²) in [6, 6.07) is 17.4. The third-order valence-corrected chi connectivity index (χ3v) is 4.34. The van der Waals surface area contributed by atoms with E-state index in [0.29, 0.717) is 5.41 Å². The highest BCUT2D eigenvalue weighted by Gasteiger charge is 2.43. The van der Waals surface area contributed by atoms with Crippen molar-refractivity contribution < 1.29 is 31.1 Å². The van der Waals surface area contributed by atoms with Crippen molar-refractivity contribution in [3.05, 3.63) is 59.7 Å². The highest BCUT2D eigenvalue weighted by atomic mass is 32.2. The number of methoxy groups -OCH3 is 1. The quantitative estimate of drug-likeness (QED) is 0.253. The van der Waals surface area contributed by atoms with E-state index in [1.165, 1.54) is 42.5 Å². The SMILES string of the molecule is C.CC(C)(C)C.CC(C)(C)C(F)(F)F.CC(C)=O.CC1(C)c2ccccc2-c2ccccc21.CCC.COC.CS(C)(=O)=O.C[Si](C)(C)C. The molecule has 2 aromatic rings. The molecule has 2 aromatic carbocycles. The summed E-state index contributed by atoms with van der Waals surface area (Å²) in [7, 11) is -0.0278. The molecular formula is C40H77F3O4SSi. The fourth-order valence-corrected chi connectivity index (χ4v) is 2.67. The monoisotopic (exact) mass is 739 g/mol. The molecule has 0 aromatic heterocycles. The van der Waals surface area contributed by atoms with E-state index >= 15 is 0 Å². The van der Waals surface area contributed by atoms with E-state index in [1.807, 2.05) is 0 Å². The van der Waals surface area contributed by atoms with Gasteiger partial charge >= 0.3 is 6.18 Å². The molecule has 0 aliphatic heterocycles. The van der Waals surface area contributed by atoms with Crippen LogP contribution < -0.4 is 0 Å². The van der Waals surface area contributed by atoms with E-state index in [-0.39, 0.29) is 18.6 Å². The number of carbonyl (C=O) groups excluding carboxylic acids is 1. The predicted molar refractivity (Wildman–Crippen MR) is 217 cm³/mol. The first-order valence-electron chi connectivity index (χ1n) is 16.3. The molecule has 1 aliphatic carbocycles. The second kappa shape index (κ2) is 26.8. The van der Waals surface area contributed by atoms with Crippen LogP contribution in [0.3, 0.4) is 0 Å². The zero-order valence-corrected chi connectivity index (χ0v) is 36.3. The summed E-state index contributed by atoms with van der Waals surface area (Å²) in [5.41, 5.74) is 4.80. The van der Waals surface area contributed by atoms with Gasteiger partial charge in [-0.2, -0.15) is 13.2 Å². The van der Waals surface area contributed by atoms with E-state index < -0.39 is 29.5 Å². The third kappa shape index (κ3) is 44.0. The molecule has 292 valence electrons. The van der Waals surface area contributed by atoms with Crippen molar-refractivity contribution in [3.63, 3.8) is 0 Å². The first-order valence-corrected chi connectivity index (χ1v) is 22.6. The number of Topliss-reactive ketones (excluding diaryl/α,β-unsaturated/α-hetero) is 1. The van der Waals surface area contributed by atoms with Gasteiger partial charge in [0.05, 0.1) is 5.41 Å². The number of hydrogen-bond donors (Lipinski definition) is 0. The molecule has 0 saturated carbocycles. The normalized spacial score (nSPS) is 12.1. The maximum atomic E-state index is 11.6. The van der Waals surface area contributed by atoms with Crippen LogP contribution in [0.4, 0.5) is 13.2 Å². The Labute approximate surface area is 304 Å². The fourth-order valence-electron chi connectivity index (χ4n) is 2.67. The van der Waals surface area contributed by atoms with Crippen LogP contribution in [0.5, 0.6) is 0 Å². The lowest BCUT2D eigenvalue weighted by Gasteiger charge is -2.21. The van der Waals surface area contributed by atoms with Crippen LogP contribution in [0.25, 0.3) is 11.1 Å². The minimum atomic E-state index is -4.06. The van der Waals surface area contributed by atoms with Gasteiger partial charge in [-0.3, -0.25) is 0 Å². The molecule has 0 spiro atoms. The Kier molecular flexibility index (Phi) is 32.4. The van der Waals surface area contributed by atoms with Crippen molar-refractivity contribution in [2.45, 2.75) is 142 Å². The predicted octanol–water partition coefficient (Wildman–Crippen LogP) is 13.2. The van der Waals surface area contributed by atoms with Gasteiger partial charge in [0.2, 0.25) is 0 Å². The molecular weight excluding hydrogens is 662 g/mol. The van der Waals surface area contributed by atoms with E-state index in [1.54, 1.807) is 14.2 Å². The number of halogens is 3. The minimum absolute atomic E-state index is 0. The zero-order chi connectivity index (χ0) is 40.0. The lowest BCUT2D eigenvalue weighted by molar-refractivity contribution is -0.204. The summed E-state index contributed by atoms with van der Waals surface area (Å²) in [4.78, 5) is 9.44. The van der Waals surface area contributed by atoms with Crippen LogP contribution in [-0.4, -0.2) is 55.2 Å². The minimum Gasteiger partial charge on any atom is -0.388 e. The lowest BCUT2D eigenvalue weighted by Crippen LogP contribution is -2.28. The molecule has 0 unspecified atom stereocenters. The van der Waals surface area contributed by atoms with Crippen LogP contribution in [0.1, 0.15) is 115 Å². The number of hydrogen-bond acceptors (Lipinski definition) is 4. The average Bonchev–Trinajstić information content (AvgIpc) is 3.03. The molecule has 0 heterocycles. The number of carbonyl (C=O) groups is 1. The molecule has 0 amide bonds. The van der Waals surface area contributed by atoms with Gasteiger partial charge in [-0.1, -0.05) is 165 Å². The van der Waals surface area contributed by atoms with Crippen LogP contribution in [-0.2, 0) is 24.8 Å². The van der Waals surface area contributed by atoms with Gasteiger partial charge in [0, 0.05) is 40.2 Å². The van der Waals surface area contributed by atoms with Gasteiger partial charge in [-0.15, -0.1) is 0 Å².